The van der Waals surface area contributed by atoms with Crippen LogP contribution in [0, 0.1) is 11.3 Å². The lowest BCUT2D eigenvalue weighted by Crippen LogP contribution is -2.37. The van der Waals surface area contributed by atoms with Crippen molar-refractivity contribution < 1.29 is 13.2 Å². The summed E-state index contributed by atoms with van der Waals surface area (Å²) in [5, 5.41) is 0. The Morgan fingerprint density at radius 2 is 1.82 bits per heavy atom. The number of rotatable bonds is 6. The maximum atomic E-state index is 13.6. The van der Waals surface area contributed by atoms with E-state index in [4.69, 9.17) is 4.74 Å². The highest BCUT2D eigenvalue weighted by molar-refractivity contribution is 7.91. The maximum Gasteiger partial charge on any atom is 0.179 e. The van der Waals surface area contributed by atoms with Gasteiger partial charge >= 0.3 is 0 Å². The smallest absolute Gasteiger partial charge is 0.179 e. The van der Waals surface area contributed by atoms with Gasteiger partial charge in [0, 0.05) is 5.92 Å². The average Bonchev–Trinajstić information content (AvgIpc) is 2.78. The second-order valence-corrected chi connectivity index (χ2v) is 10.1. The van der Waals surface area contributed by atoms with Crippen LogP contribution in [0.15, 0.2) is 53.4 Å². The van der Waals surface area contributed by atoms with E-state index in [1.54, 1.807) is 13.2 Å². The van der Waals surface area contributed by atoms with Crippen LogP contribution in [0.3, 0.4) is 0 Å². The van der Waals surface area contributed by atoms with E-state index < -0.39 is 9.84 Å². The molecule has 0 N–H and O–H groups in total. The van der Waals surface area contributed by atoms with Gasteiger partial charge in [0.05, 0.1) is 17.8 Å². The third-order valence-corrected chi connectivity index (χ3v) is 8.70. The monoisotopic (exact) mass is 400 g/mol. The summed E-state index contributed by atoms with van der Waals surface area (Å²) in [5.74, 6) is 1.08. The van der Waals surface area contributed by atoms with E-state index in [9.17, 15) is 8.42 Å². The summed E-state index contributed by atoms with van der Waals surface area (Å²) >= 11 is 0. The highest BCUT2D eigenvalue weighted by Crippen LogP contribution is 2.52. The Morgan fingerprint density at radius 1 is 1.11 bits per heavy atom. The fourth-order valence-corrected chi connectivity index (χ4v) is 7.31. The van der Waals surface area contributed by atoms with Crippen molar-refractivity contribution in [3.63, 3.8) is 0 Å². The summed E-state index contributed by atoms with van der Waals surface area (Å²) in [6.07, 6.45) is 3.93. The van der Waals surface area contributed by atoms with Gasteiger partial charge < -0.3 is 4.74 Å². The molecule has 0 unspecified atom stereocenters. The van der Waals surface area contributed by atoms with Gasteiger partial charge in [0.15, 0.2) is 9.84 Å². The number of methoxy groups -OCH3 is 1. The lowest BCUT2D eigenvalue weighted by atomic mass is 9.64. The summed E-state index contributed by atoms with van der Waals surface area (Å²) in [5.41, 5.74) is 1.86. The van der Waals surface area contributed by atoms with Crippen molar-refractivity contribution in [2.45, 2.75) is 57.3 Å². The molecule has 3 rings (SSSR count). The Kier molecular flexibility index (Phi) is 6.18. The largest absolute Gasteiger partial charge is 0.497 e. The Labute approximate surface area is 170 Å². The van der Waals surface area contributed by atoms with Gasteiger partial charge in [-0.15, -0.1) is 0 Å². The molecule has 0 fully saturated rings. The highest BCUT2D eigenvalue weighted by Gasteiger charge is 2.47. The third-order valence-electron chi connectivity index (χ3n) is 6.73. The minimum atomic E-state index is -3.42. The maximum absolute atomic E-state index is 13.6. The van der Waals surface area contributed by atoms with Crippen molar-refractivity contribution >= 4 is 9.84 Å². The molecule has 0 amide bonds. The van der Waals surface area contributed by atoms with Crippen molar-refractivity contribution in [3.05, 3.63) is 59.7 Å². The van der Waals surface area contributed by atoms with Crippen molar-refractivity contribution in [1.29, 1.82) is 0 Å². The number of hydrogen-bond donors (Lipinski definition) is 0. The molecule has 2 aromatic rings. The quantitative estimate of drug-likeness (QED) is 0.612. The van der Waals surface area contributed by atoms with Gasteiger partial charge in [-0.3, -0.25) is 0 Å². The first kappa shape index (κ1) is 20.9. The van der Waals surface area contributed by atoms with Crippen LogP contribution >= 0.6 is 0 Å². The first-order chi connectivity index (χ1) is 13.4. The predicted octanol–water partition coefficient (Wildman–Crippen LogP) is 5.84. The number of unbranched alkanes of at least 4 members (excludes halogenated alkanes) is 1. The molecule has 1 aliphatic rings. The molecule has 2 aromatic carbocycles. The summed E-state index contributed by atoms with van der Waals surface area (Å²) in [7, 11) is -1.83. The van der Waals surface area contributed by atoms with Gasteiger partial charge in [-0.1, -0.05) is 70.0 Å². The number of sulfone groups is 1. The van der Waals surface area contributed by atoms with Crippen LogP contribution in [0.25, 0.3) is 0 Å². The molecule has 1 heterocycles. The fourth-order valence-electron chi connectivity index (χ4n) is 4.94. The molecule has 0 saturated heterocycles. The molecule has 4 heteroatoms. The van der Waals surface area contributed by atoms with E-state index in [1.807, 2.05) is 30.3 Å². The number of ether oxygens (including phenoxy) is 1. The summed E-state index contributed by atoms with van der Waals surface area (Å²) in [6, 6.07) is 15.9. The topological polar surface area (TPSA) is 43.4 Å². The van der Waals surface area contributed by atoms with Gasteiger partial charge in [-0.2, -0.15) is 0 Å². The third kappa shape index (κ3) is 3.71. The first-order valence-corrected chi connectivity index (χ1v) is 12.0. The molecule has 28 heavy (non-hydrogen) atoms. The zero-order valence-electron chi connectivity index (χ0n) is 17.4. The van der Waals surface area contributed by atoms with Crippen LogP contribution < -0.4 is 4.74 Å². The first-order valence-electron chi connectivity index (χ1n) is 10.3. The van der Waals surface area contributed by atoms with Gasteiger partial charge in [0.2, 0.25) is 0 Å². The van der Waals surface area contributed by atoms with E-state index >= 15 is 0 Å². The second-order valence-electron chi connectivity index (χ2n) is 8.16. The van der Waals surface area contributed by atoms with E-state index in [0.29, 0.717) is 10.6 Å². The molecule has 0 saturated carbocycles. The van der Waals surface area contributed by atoms with Crippen LogP contribution in [0.1, 0.15) is 63.5 Å². The molecule has 0 radical (unpaired) electrons. The highest BCUT2D eigenvalue weighted by atomic mass is 32.2. The lowest BCUT2D eigenvalue weighted by Gasteiger charge is -2.41. The zero-order valence-corrected chi connectivity index (χ0v) is 18.3. The van der Waals surface area contributed by atoms with Gasteiger partial charge in [0.1, 0.15) is 5.75 Å². The SMILES string of the molecule is CCCC[C@@]1(CC)CS(=O)(=O)c2cc(OC)ccc2[C@@H](c2ccccc2)[C@H]1C. The van der Waals surface area contributed by atoms with Crippen molar-refractivity contribution in [2.24, 2.45) is 11.3 Å². The van der Waals surface area contributed by atoms with Crippen LogP contribution in [-0.2, 0) is 9.84 Å². The zero-order chi connectivity index (χ0) is 20.4. The van der Waals surface area contributed by atoms with E-state index in [2.05, 4.69) is 32.9 Å². The molecule has 3 atom stereocenters. The van der Waals surface area contributed by atoms with Gasteiger partial charge in [-0.05, 0) is 47.4 Å². The Morgan fingerprint density at radius 3 is 2.43 bits per heavy atom. The molecule has 0 spiro atoms. The van der Waals surface area contributed by atoms with Gasteiger partial charge in [0.25, 0.3) is 0 Å². The summed E-state index contributed by atoms with van der Waals surface area (Å²) < 4.78 is 32.5. The molecular formula is C24H32O3S. The Bertz CT molecular complexity index is 905. The molecule has 0 bridgehead atoms. The van der Waals surface area contributed by atoms with E-state index in [-0.39, 0.29) is 23.0 Å². The Hall–Kier alpha value is -1.81. The minimum absolute atomic E-state index is 0.0520. The number of fused-ring (bicyclic) bond motifs is 1. The van der Waals surface area contributed by atoms with Crippen LogP contribution in [0.4, 0.5) is 0 Å². The minimum Gasteiger partial charge on any atom is -0.497 e. The van der Waals surface area contributed by atoms with E-state index in [0.717, 1.165) is 31.2 Å². The van der Waals surface area contributed by atoms with E-state index in [1.165, 1.54) is 5.56 Å². The molecule has 1 aliphatic heterocycles. The molecular weight excluding hydrogens is 368 g/mol. The molecule has 3 nitrogen and oxygen atoms in total. The van der Waals surface area contributed by atoms with Crippen LogP contribution in [-0.4, -0.2) is 21.3 Å². The second kappa shape index (κ2) is 8.28. The normalized spacial score (nSPS) is 26.3. The Balaban J connectivity index is 2.28. The van der Waals surface area contributed by atoms with Gasteiger partial charge in [-0.25, -0.2) is 8.42 Å². The molecule has 152 valence electrons. The summed E-state index contributed by atoms with van der Waals surface area (Å²) in [4.78, 5) is 0.444. The molecule has 0 aromatic heterocycles. The standard InChI is InChI=1S/C24H32O3S/c1-5-7-15-24(6-2)17-28(25,26)22-16-20(27-4)13-14-21(22)23(18(24)3)19-11-9-8-10-12-19/h8-14,16,18,23H,5-7,15,17H2,1-4H3/t18-,23-,24+/m1/s1. The number of benzene rings is 2. The fraction of sp³-hybridized carbons (Fsp3) is 0.500. The van der Waals surface area contributed by atoms with Crippen molar-refractivity contribution in [1.82, 2.24) is 0 Å². The van der Waals surface area contributed by atoms with Crippen molar-refractivity contribution in [2.75, 3.05) is 12.9 Å². The average molecular weight is 401 g/mol. The van der Waals surface area contributed by atoms with Crippen LogP contribution in [0.5, 0.6) is 5.75 Å². The van der Waals surface area contributed by atoms with Crippen LogP contribution in [0.2, 0.25) is 0 Å². The summed E-state index contributed by atoms with van der Waals surface area (Å²) in [6.45, 7) is 6.58. The lowest BCUT2D eigenvalue weighted by molar-refractivity contribution is 0.160. The molecule has 0 aliphatic carbocycles. The number of hydrogen-bond acceptors (Lipinski definition) is 3. The van der Waals surface area contributed by atoms with Crippen molar-refractivity contribution in [3.8, 4) is 5.75 Å². The predicted molar refractivity (Wildman–Crippen MR) is 115 cm³/mol.